The number of nitrogens with one attached hydrogen (secondary N) is 2. The Morgan fingerprint density at radius 3 is 2.63 bits per heavy atom. The Hall–Kier alpha value is -0.710. The first-order chi connectivity index (χ1) is 8.74. The molecule has 0 aliphatic carbocycles. The Morgan fingerprint density at radius 2 is 2.05 bits per heavy atom. The summed E-state index contributed by atoms with van der Waals surface area (Å²) in [6.07, 6.45) is 0. The van der Waals surface area contributed by atoms with Gasteiger partial charge in [-0.1, -0.05) is 0 Å². The summed E-state index contributed by atoms with van der Waals surface area (Å²) in [5.74, 6) is 0.220. The van der Waals surface area contributed by atoms with Crippen LogP contribution in [0.2, 0.25) is 0 Å². The van der Waals surface area contributed by atoms with Crippen molar-refractivity contribution < 1.29 is 26.0 Å². The number of sulfonamides is 1. The predicted molar refractivity (Wildman–Crippen MR) is 65.2 cm³/mol. The topological polar surface area (TPSA) is 71.3 Å². The number of thioether (sulfide) groups is 1. The van der Waals surface area contributed by atoms with Crippen LogP contribution in [0.5, 0.6) is 0 Å². The van der Waals surface area contributed by atoms with E-state index in [1.165, 1.54) is 19.2 Å². The maximum Gasteiger partial charge on any atom is 0.441 e. The molecule has 0 aromatic carbocycles. The van der Waals surface area contributed by atoms with Gasteiger partial charge in [-0.3, -0.25) is 0 Å². The van der Waals surface area contributed by atoms with Crippen molar-refractivity contribution in [2.45, 2.75) is 17.1 Å². The molecule has 0 saturated carbocycles. The zero-order chi connectivity index (χ0) is 14.5. The predicted octanol–water partition coefficient (Wildman–Crippen LogP) is 1.53. The first-order valence-electron chi connectivity index (χ1n) is 5.18. The number of alkyl halides is 3. The molecule has 19 heavy (non-hydrogen) atoms. The molecule has 1 aromatic heterocycles. The lowest BCUT2D eigenvalue weighted by Gasteiger charge is -2.05. The highest BCUT2D eigenvalue weighted by molar-refractivity contribution is 8.00. The normalized spacial score (nSPS) is 12.8. The van der Waals surface area contributed by atoms with E-state index >= 15 is 0 Å². The molecule has 1 aromatic rings. The van der Waals surface area contributed by atoms with E-state index in [0.717, 1.165) is 0 Å². The fraction of sp³-hybridized carbons (Fsp3) is 0.556. The van der Waals surface area contributed by atoms with Gasteiger partial charge in [-0.25, -0.2) is 13.1 Å². The van der Waals surface area contributed by atoms with Crippen molar-refractivity contribution >= 4 is 21.8 Å². The van der Waals surface area contributed by atoms with Gasteiger partial charge >= 0.3 is 5.51 Å². The Morgan fingerprint density at radius 1 is 1.37 bits per heavy atom. The summed E-state index contributed by atoms with van der Waals surface area (Å²) >= 11 is -0.117. The van der Waals surface area contributed by atoms with E-state index < -0.39 is 15.5 Å². The number of furan rings is 1. The molecule has 0 aliphatic heterocycles. The number of rotatable bonds is 7. The molecule has 0 amide bonds. The van der Waals surface area contributed by atoms with Crippen LogP contribution in [0.4, 0.5) is 13.2 Å². The van der Waals surface area contributed by atoms with Gasteiger partial charge in [0.1, 0.15) is 5.76 Å². The molecule has 5 nitrogen and oxygen atoms in total. The van der Waals surface area contributed by atoms with E-state index in [-0.39, 0.29) is 35.7 Å². The summed E-state index contributed by atoms with van der Waals surface area (Å²) < 4.78 is 65.3. The standard InChI is InChI=1S/C9H13F3N2O3S2/c1-13-19(15,16)8-3-2-7(17-8)6-14-4-5-18-9(10,11)12/h2-3,13-14H,4-6H2,1H3. The van der Waals surface area contributed by atoms with Crippen molar-refractivity contribution in [2.24, 2.45) is 0 Å². The minimum absolute atomic E-state index is 0.117. The highest BCUT2D eigenvalue weighted by Gasteiger charge is 2.27. The van der Waals surface area contributed by atoms with Crippen LogP contribution in [-0.2, 0) is 16.6 Å². The summed E-state index contributed by atoms with van der Waals surface area (Å²) in [4.78, 5) is 0. The van der Waals surface area contributed by atoms with Gasteiger partial charge in [0.2, 0.25) is 5.09 Å². The minimum Gasteiger partial charge on any atom is -0.447 e. The molecule has 0 atom stereocenters. The average Bonchev–Trinajstić information content (AvgIpc) is 2.76. The van der Waals surface area contributed by atoms with Crippen LogP contribution in [0.25, 0.3) is 0 Å². The fourth-order valence-electron chi connectivity index (χ4n) is 1.15. The van der Waals surface area contributed by atoms with E-state index in [2.05, 4.69) is 10.0 Å². The van der Waals surface area contributed by atoms with Gasteiger partial charge in [0.15, 0.2) is 0 Å². The van der Waals surface area contributed by atoms with Crippen LogP contribution in [0, 0.1) is 0 Å². The SMILES string of the molecule is CNS(=O)(=O)c1ccc(CNCCSC(F)(F)F)o1. The van der Waals surface area contributed by atoms with Gasteiger partial charge in [0.25, 0.3) is 10.0 Å². The van der Waals surface area contributed by atoms with Gasteiger partial charge < -0.3 is 9.73 Å². The van der Waals surface area contributed by atoms with Crippen LogP contribution < -0.4 is 10.0 Å². The Labute approximate surface area is 113 Å². The van der Waals surface area contributed by atoms with Crippen molar-refractivity contribution in [2.75, 3.05) is 19.3 Å². The molecular weight excluding hydrogens is 305 g/mol. The Balaban J connectivity index is 2.36. The second-order valence-corrected chi connectivity index (χ2v) is 6.38. The van der Waals surface area contributed by atoms with Crippen molar-refractivity contribution in [1.29, 1.82) is 0 Å². The lowest BCUT2D eigenvalue weighted by Crippen LogP contribution is -2.19. The van der Waals surface area contributed by atoms with Crippen LogP contribution in [0.15, 0.2) is 21.6 Å². The maximum absolute atomic E-state index is 11.8. The van der Waals surface area contributed by atoms with Crippen LogP contribution in [-0.4, -0.2) is 33.3 Å². The van der Waals surface area contributed by atoms with Crippen molar-refractivity contribution in [3.63, 3.8) is 0 Å². The van der Waals surface area contributed by atoms with Gasteiger partial charge in [0, 0.05) is 12.3 Å². The molecule has 2 N–H and O–H groups in total. The van der Waals surface area contributed by atoms with E-state index in [4.69, 9.17) is 4.42 Å². The third-order valence-corrected chi connectivity index (χ3v) is 4.04. The summed E-state index contributed by atoms with van der Waals surface area (Å²) in [7, 11) is -2.38. The van der Waals surface area contributed by atoms with Gasteiger partial charge in [-0.05, 0) is 30.9 Å². The summed E-state index contributed by atoms with van der Waals surface area (Å²) in [5.41, 5.74) is -4.24. The van der Waals surface area contributed by atoms with E-state index in [1.54, 1.807) is 0 Å². The number of hydrogen-bond acceptors (Lipinski definition) is 5. The quantitative estimate of drug-likeness (QED) is 0.746. The second-order valence-electron chi connectivity index (χ2n) is 3.40. The summed E-state index contributed by atoms with van der Waals surface area (Å²) in [6.45, 7) is 0.302. The molecule has 0 bridgehead atoms. The van der Waals surface area contributed by atoms with Crippen molar-refractivity contribution in [1.82, 2.24) is 10.0 Å². The molecule has 110 valence electrons. The molecule has 0 radical (unpaired) electrons. The maximum atomic E-state index is 11.8. The van der Waals surface area contributed by atoms with E-state index in [9.17, 15) is 21.6 Å². The van der Waals surface area contributed by atoms with Gasteiger partial charge in [0.05, 0.1) is 6.54 Å². The minimum atomic E-state index is -4.24. The largest absolute Gasteiger partial charge is 0.447 e. The molecule has 1 rings (SSSR count). The lowest BCUT2D eigenvalue weighted by molar-refractivity contribution is -0.0327. The smallest absolute Gasteiger partial charge is 0.441 e. The average molecular weight is 318 g/mol. The molecule has 0 spiro atoms. The van der Waals surface area contributed by atoms with E-state index in [1.807, 2.05) is 0 Å². The van der Waals surface area contributed by atoms with Crippen molar-refractivity contribution in [3.8, 4) is 0 Å². The first kappa shape index (κ1) is 16.3. The number of hydrogen-bond donors (Lipinski definition) is 2. The van der Waals surface area contributed by atoms with Crippen LogP contribution in [0.1, 0.15) is 5.76 Å². The molecule has 1 heterocycles. The first-order valence-corrected chi connectivity index (χ1v) is 7.65. The Bertz CT molecular complexity index is 499. The summed E-state index contributed by atoms with van der Waals surface area (Å²) in [5, 5.41) is 2.50. The second kappa shape index (κ2) is 6.64. The molecule has 0 saturated heterocycles. The lowest BCUT2D eigenvalue weighted by atomic mass is 10.4. The van der Waals surface area contributed by atoms with Gasteiger partial charge in [-0.15, -0.1) is 0 Å². The van der Waals surface area contributed by atoms with Gasteiger partial charge in [-0.2, -0.15) is 13.2 Å². The molecular formula is C9H13F3N2O3S2. The third-order valence-electron chi connectivity index (χ3n) is 2.01. The number of halogens is 3. The third kappa shape index (κ3) is 5.85. The summed E-state index contributed by atoms with van der Waals surface area (Å²) in [6, 6.07) is 2.74. The van der Waals surface area contributed by atoms with Crippen LogP contribution >= 0.6 is 11.8 Å². The van der Waals surface area contributed by atoms with Crippen molar-refractivity contribution in [3.05, 3.63) is 17.9 Å². The van der Waals surface area contributed by atoms with E-state index in [0.29, 0.717) is 5.76 Å². The molecule has 0 unspecified atom stereocenters. The molecule has 0 fully saturated rings. The highest BCUT2D eigenvalue weighted by atomic mass is 32.2. The fourth-order valence-corrected chi connectivity index (χ4v) is 2.29. The molecule has 0 aliphatic rings. The highest BCUT2D eigenvalue weighted by Crippen LogP contribution is 2.29. The van der Waals surface area contributed by atoms with Crippen LogP contribution in [0.3, 0.4) is 0 Å². The monoisotopic (exact) mass is 318 g/mol. The zero-order valence-corrected chi connectivity index (χ0v) is 11.6. The molecule has 10 heteroatoms. The Kier molecular flexibility index (Phi) is 5.71. The zero-order valence-electron chi connectivity index (χ0n) is 9.95.